The average Bonchev–Trinajstić information content (AvgIpc) is 2.89. The largest absolute Gasteiger partial charge is 0.461 e. The second kappa shape index (κ2) is 9.82. The molecule has 3 heterocycles. The standard InChI is InChI=1S/C23H25Cl2N3O2/c24-18-6-7-19-21(15-18)30-16-22(25)28(23(19)29)12-4-3-11-27-13-8-17(9-14-27)20-5-1-2-10-26-20/h1-2,5-7,10,15-17H,3-4,8-9,11-14H2. The Bertz CT molecular complexity index is 912. The molecule has 0 N–H and O–H groups in total. The summed E-state index contributed by atoms with van der Waals surface area (Å²) in [6, 6.07) is 11.2. The summed E-state index contributed by atoms with van der Waals surface area (Å²) in [5.74, 6) is 0.843. The predicted octanol–water partition coefficient (Wildman–Crippen LogP) is 5.27. The summed E-state index contributed by atoms with van der Waals surface area (Å²) in [6.07, 6.45) is 7.46. The predicted molar refractivity (Wildman–Crippen MR) is 119 cm³/mol. The number of hydrogen-bond donors (Lipinski definition) is 0. The van der Waals surface area contributed by atoms with Crippen molar-refractivity contribution in [3.8, 4) is 5.75 Å². The number of nitrogens with zero attached hydrogens (tertiary/aromatic N) is 3. The lowest BCUT2D eigenvalue weighted by molar-refractivity contribution is 0.0814. The summed E-state index contributed by atoms with van der Waals surface area (Å²) < 4.78 is 5.54. The van der Waals surface area contributed by atoms with Gasteiger partial charge in [0.05, 0.1) is 5.56 Å². The number of piperidine rings is 1. The SMILES string of the molecule is O=C1c2ccc(Cl)cc2OC=C(Cl)N1CCCCN1CCC(c2ccccn2)CC1. The lowest BCUT2D eigenvalue weighted by Gasteiger charge is -2.31. The van der Waals surface area contributed by atoms with Crippen LogP contribution in [0.4, 0.5) is 0 Å². The van der Waals surface area contributed by atoms with E-state index in [1.165, 1.54) is 12.0 Å². The van der Waals surface area contributed by atoms with Crippen molar-refractivity contribution in [1.29, 1.82) is 0 Å². The number of benzene rings is 1. The third-order valence-corrected chi connectivity index (χ3v) is 6.29. The fourth-order valence-corrected chi connectivity index (χ4v) is 4.44. The van der Waals surface area contributed by atoms with E-state index < -0.39 is 0 Å². The molecule has 0 unspecified atom stereocenters. The number of hydrogen-bond acceptors (Lipinski definition) is 4. The van der Waals surface area contributed by atoms with E-state index in [1.54, 1.807) is 23.1 Å². The molecule has 1 aromatic heterocycles. The molecule has 2 aliphatic rings. The number of rotatable bonds is 6. The smallest absolute Gasteiger partial charge is 0.262 e. The van der Waals surface area contributed by atoms with Gasteiger partial charge < -0.3 is 9.64 Å². The zero-order valence-electron chi connectivity index (χ0n) is 16.8. The third kappa shape index (κ3) is 4.97. The van der Waals surface area contributed by atoms with Gasteiger partial charge in [-0.25, -0.2) is 0 Å². The van der Waals surface area contributed by atoms with Crippen LogP contribution in [0.1, 0.15) is 47.7 Å². The van der Waals surface area contributed by atoms with Crippen LogP contribution in [0.2, 0.25) is 5.02 Å². The lowest BCUT2D eigenvalue weighted by atomic mass is 9.93. The monoisotopic (exact) mass is 445 g/mol. The van der Waals surface area contributed by atoms with Crippen LogP contribution in [0.15, 0.2) is 54.0 Å². The first kappa shape index (κ1) is 21.2. The first-order chi connectivity index (χ1) is 14.6. The van der Waals surface area contributed by atoms with Crippen molar-refractivity contribution in [3.63, 3.8) is 0 Å². The van der Waals surface area contributed by atoms with Crippen molar-refractivity contribution < 1.29 is 9.53 Å². The maximum atomic E-state index is 12.9. The summed E-state index contributed by atoms with van der Waals surface area (Å²) in [6.45, 7) is 3.77. The van der Waals surface area contributed by atoms with Gasteiger partial charge in [-0.15, -0.1) is 0 Å². The van der Waals surface area contributed by atoms with Gasteiger partial charge in [-0.05, 0) is 69.6 Å². The molecule has 0 saturated carbocycles. The van der Waals surface area contributed by atoms with E-state index in [0.29, 0.717) is 34.0 Å². The summed E-state index contributed by atoms with van der Waals surface area (Å²) in [7, 11) is 0. The lowest BCUT2D eigenvalue weighted by Crippen LogP contribution is -2.34. The van der Waals surface area contributed by atoms with Gasteiger partial charge >= 0.3 is 0 Å². The van der Waals surface area contributed by atoms with Crippen LogP contribution in [-0.4, -0.2) is 46.9 Å². The average molecular weight is 446 g/mol. The fourth-order valence-electron chi connectivity index (χ4n) is 4.07. The third-order valence-electron chi connectivity index (χ3n) is 5.76. The Labute approximate surface area is 187 Å². The molecule has 0 radical (unpaired) electrons. The molecule has 2 aromatic rings. The zero-order chi connectivity index (χ0) is 20.9. The van der Waals surface area contributed by atoms with Crippen LogP contribution in [0.25, 0.3) is 0 Å². The quantitative estimate of drug-likeness (QED) is 0.448. The molecule has 1 aromatic carbocycles. The number of halogens is 2. The van der Waals surface area contributed by atoms with Gasteiger partial charge in [0.2, 0.25) is 0 Å². The van der Waals surface area contributed by atoms with E-state index in [2.05, 4.69) is 22.0 Å². The molecule has 0 spiro atoms. The van der Waals surface area contributed by atoms with Crippen LogP contribution >= 0.6 is 23.2 Å². The van der Waals surface area contributed by atoms with E-state index in [-0.39, 0.29) is 5.91 Å². The molecule has 0 bridgehead atoms. The fraction of sp³-hybridized carbons (Fsp3) is 0.391. The first-order valence-electron chi connectivity index (χ1n) is 10.4. The Morgan fingerprint density at radius 3 is 2.63 bits per heavy atom. The maximum absolute atomic E-state index is 12.9. The number of carbonyl (C=O) groups excluding carboxylic acids is 1. The Kier molecular flexibility index (Phi) is 6.93. The van der Waals surface area contributed by atoms with E-state index in [4.69, 9.17) is 27.9 Å². The number of ether oxygens (including phenoxy) is 1. The highest BCUT2D eigenvalue weighted by atomic mass is 35.5. The molecule has 30 heavy (non-hydrogen) atoms. The number of amides is 1. The molecule has 0 atom stereocenters. The first-order valence-corrected chi connectivity index (χ1v) is 11.1. The number of pyridine rings is 1. The van der Waals surface area contributed by atoms with Crippen LogP contribution < -0.4 is 4.74 Å². The number of aromatic nitrogens is 1. The highest BCUT2D eigenvalue weighted by Crippen LogP contribution is 2.30. The van der Waals surface area contributed by atoms with Crippen LogP contribution in [0, 0.1) is 0 Å². The van der Waals surface area contributed by atoms with Gasteiger partial charge in [0.15, 0.2) is 0 Å². The number of likely N-dealkylation sites (tertiary alicyclic amines) is 1. The van der Waals surface area contributed by atoms with Crippen molar-refractivity contribution >= 4 is 29.1 Å². The Morgan fingerprint density at radius 2 is 1.87 bits per heavy atom. The molecule has 7 heteroatoms. The summed E-state index contributed by atoms with van der Waals surface area (Å²) >= 11 is 12.3. The van der Waals surface area contributed by atoms with Crippen molar-refractivity contribution in [2.45, 2.75) is 31.6 Å². The van der Waals surface area contributed by atoms with Gasteiger partial charge in [0.25, 0.3) is 5.91 Å². The number of carbonyl (C=O) groups is 1. The molecule has 0 aliphatic carbocycles. The van der Waals surface area contributed by atoms with Crippen molar-refractivity contribution in [3.05, 3.63) is 70.3 Å². The summed E-state index contributed by atoms with van der Waals surface area (Å²) in [5, 5.41) is 0.815. The Balaban J connectivity index is 1.24. The van der Waals surface area contributed by atoms with Crippen molar-refractivity contribution in [2.24, 2.45) is 0 Å². The molecule has 2 aliphatic heterocycles. The molecule has 5 nitrogen and oxygen atoms in total. The molecular formula is C23H25Cl2N3O2. The second-order valence-corrected chi connectivity index (χ2v) is 8.56. The number of unbranched alkanes of at least 4 members (excludes halogenated alkanes) is 1. The molecule has 4 rings (SSSR count). The highest BCUT2D eigenvalue weighted by molar-refractivity contribution is 6.31. The normalized spacial score (nSPS) is 17.9. The van der Waals surface area contributed by atoms with E-state index in [9.17, 15) is 4.79 Å². The Hall–Kier alpha value is -2.08. The topological polar surface area (TPSA) is 45.7 Å². The molecule has 158 valence electrons. The van der Waals surface area contributed by atoms with E-state index in [0.717, 1.165) is 45.3 Å². The minimum Gasteiger partial charge on any atom is -0.461 e. The maximum Gasteiger partial charge on any atom is 0.262 e. The van der Waals surface area contributed by atoms with Gasteiger partial charge in [-0.3, -0.25) is 14.7 Å². The molecule has 1 amide bonds. The summed E-state index contributed by atoms with van der Waals surface area (Å²) in [4.78, 5) is 21.5. The van der Waals surface area contributed by atoms with E-state index in [1.807, 2.05) is 12.3 Å². The van der Waals surface area contributed by atoms with Gasteiger partial charge in [-0.2, -0.15) is 0 Å². The van der Waals surface area contributed by atoms with Crippen molar-refractivity contribution in [1.82, 2.24) is 14.8 Å². The minimum atomic E-state index is -0.156. The van der Waals surface area contributed by atoms with Gasteiger partial charge in [0, 0.05) is 35.4 Å². The minimum absolute atomic E-state index is 0.156. The second-order valence-electron chi connectivity index (χ2n) is 7.73. The van der Waals surface area contributed by atoms with Gasteiger partial charge in [-0.1, -0.05) is 29.3 Å². The molecular weight excluding hydrogens is 421 g/mol. The van der Waals surface area contributed by atoms with Crippen LogP contribution in [-0.2, 0) is 0 Å². The van der Waals surface area contributed by atoms with Crippen molar-refractivity contribution in [2.75, 3.05) is 26.2 Å². The molecule has 1 saturated heterocycles. The van der Waals surface area contributed by atoms with Crippen LogP contribution in [0.5, 0.6) is 5.75 Å². The Morgan fingerprint density at radius 1 is 1.07 bits per heavy atom. The summed E-state index contributed by atoms with van der Waals surface area (Å²) in [5.41, 5.74) is 1.69. The zero-order valence-corrected chi connectivity index (χ0v) is 18.3. The number of fused-ring (bicyclic) bond motifs is 1. The highest BCUT2D eigenvalue weighted by Gasteiger charge is 2.26. The van der Waals surface area contributed by atoms with E-state index >= 15 is 0 Å². The molecule has 1 fully saturated rings. The van der Waals surface area contributed by atoms with Crippen LogP contribution in [0.3, 0.4) is 0 Å². The van der Waals surface area contributed by atoms with Gasteiger partial charge in [0.1, 0.15) is 17.2 Å².